The maximum absolute atomic E-state index is 10.4. The molecule has 1 aliphatic heterocycles. The molecule has 1 aromatic carbocycles. The van der Waals surface area contributed by atoms with E-state index in [1.165, 1.54) is 5.56 Å². The van der Waals surface area contributed by atoms with Crippen molar-refractivity contribution >= 4 is 0 Å². The Kier molecular flexibility index (Phi) is 3.31. The fraction of sp³-hybridized carbons (Fsp3) is 0.571. The molecule has 2 atom stereocenters. The summed E-state index contributed by atoms with van der Waals surface area (Å²) in [4.78, 5) is 2.35. The molecule has 0 aromatic heterocycles. The van der Waals surface area contributed by atoms with Gasteiger partial charge in [0.25, 0.3) is 0 Å². The number of hydrogen-bond donors (Lipinski definition) is 1. The van der Waals surface area contributed by atoms with Gasteiger partial charge in [0.05, 0.1) is 5.60 Å². The van der Waals surface area contributed by atoms with Gasteiger partial charge in [0, 0.05) is 19.6 Å². The molecule has 1 heterocycles. The molecule has 1 N–H and O–H groups in total. The van der Waals surface area contributed by atoms with E-state index in [1.54, 1.807) is 0 Å². The fourth-order valence-corrected chi connectivity index (χ4v) is 2.59. The van der Waals surface area contributed by atoms with Gasteiger partial charge in [0.2, 0.25) is 0 Å². The van der Waals surface area contributed by atoms with Crippen LogP contribution in [0.1, 0.15) is 25.8 Å². The zero-order valence-corrected chi connectivity index (χ0v) is 10.2. The predicted molar refractivity (Wildman–Crippen MR) is 66.1 cm³/mol. The maximum atomic E-state index is 10.4. The van der Waals surface area contributed by atoms with Crippen molar-refractivity contribution in [3.8, 4) is 0 Å². The average Bonchev–Trinajstić information content (AvgIpc) is 2.56. The minimum atomic E-state index is -0.477. The standard InChI is InChI=1S/C14H21NO/c1-3-14(16)11-15(9-12(14)2)10-13-7-5-4-6-8-13/h4-8,12,16H,3,9-11H2,1-2H3/t12-,14-/m1/s1. The molecule has 2 nitrogen and oxygen atoms in total. The van der Waals surface area contributed by atoms with Crippen LogP contribution in [0.25, 0.3) is 0 Å². The van der Waals surface area contributed by atoms with Crippen molar-refractivity contribution in [1.29, 1.82) is 0 Å². The van der Waals surface area contributed by atoms with Gasteiger partial charge in [-0.05, 0) is 17.9 Å². The molecule has 1 saturated heterocycles. The number of nitrogens with zero attached hydrogens (tertiary/aromatic N) is 1. The van der Waals surface area contributed by atoms with Gasteiger partial charge in [0.1, 0.15) is 0 Å². The Bertz CT molecular complexity index is 338. The smallest absolute Gasteiger partial charge is 0.0809 e. The quantitative estimate of drug-likeness (QED) is 0.843. The molecule has 0 amide bonds. The minimum absolute atomic E-state index is 0.376. The Morgan fingerprint density at radius 2 is 2.06 bits per heavy atom. The Hall–Kier alpha value is -0.860. The van der Waals surface area contributed by atoms with Crippen LogP contribution in [-0.4, -0.2) is 28.7 Å². The topological polar surface area (TPSA) is 23.5 Å². The first kappa shape index (κ1) is 11.6. The Labute approximate surface area is 97.9 Å². The van der Waals surface area contributed by atoms with Gasteiger partial charge >= 0.3 is 0 Å². The molecule has 2 heteroatoms. The van der Waals surface area contributed by atoms with Gasteiger partial charge in [-0.3, -0.25) is 4.90 Å². The maximum Gasteiger partial charge on any atom is 0.0809 e. The molecule has 0 spiro atoms. The highest BCUT2D eigenvalue weighted by Crippen LogP contribution is 2.30. The number of aliphatic hydroxyl groups is 1. The van der Waals surface area contributed by atoms with E-state index in [2.05, 4.69) is 43.0 Å². The third-order valence-corrected chi connectivity index (χ3v) is 3.81. The molecule has 1 aromatic rings. The molecular weight excluding hydrogens is 198 g/mol. The molecule has 0 radical (unpaired) electrons. The lowest BCUT2D eigenvalue weighted by atomic mass is 9.90. The summed E-state index contributed by atoms with van der Waals surface area (Å²) in [5, 5.41) is 10.4. The zero-order valence-electron chi connectivity index (χ0n) is 10.2. The van der Waals surface area contributed by atoms with Crippen LogP contribution in [0.3, 0.4) is 0 Å². The van der Waals surface area contributed by atoms with E-state index in [1.807, 2.05) is 6.07 Å². The summed E-state index contributed by atoms with van der Waals surface area (Å²) in [5.74, 6) is 0.376. The predicted octanol–water partition coefficient (Wildman–Crippen LogP) is 2.28. The van der Waals surface area contributed by atoms with Crippen LogP contribution >= 0.6 is 0 Å². The molecule has 16 heavy (non-hydrogen) atoms. The summed E-state index contributed by atoms with van der Waals surface area (Å²) >= 11 is 0. The fourth-order valence-electron chi connectivity index (χ4n) is 2.59. The molecular formula is C14H21NO. The van der Waals surface area contributed by atoms with Gasteiger partial charge in [0.15, 0.2) is 0 Å². The van der Waals surface area contributed by atoms with E-state index in [0.717, 1.165) is 26.1 Å². The first-order valence-corrected chi connectivity index (χ1v) is 6.13. The van der Waals surface area contributed by atoms with Crippen LogP contribution in [0, 0.1) is 5.92 Å². The summed E-state index contributed by atoms with van der Waals surface area (Å²) < 4.78 is 0. The average molecular weight is 219 g/mol. The van der Waals surface area contributed by atoms with E-state index in [9.17, 15) is 5.11 Å². The monoisotopic (exact) mass is 219 g/mol. The van der Waals surface area contributed by atoms with Crippen molar-refractivity contribution in [2.45, 2.75) is 32.4 Å². The Morgan fingerprint density at radius 1 is 1.38 bits per heavy atom. The number of hydrogen-bond acceptors (Lipinski definition) is 2. The first-order valence-electron chi connectivity index (χ1n) is 6.13. The third kappa shape index (κ3) is 2.28. The number of likely N-dealkylation sites (tertiary alicyclic amines) is 1. The molecule has 0 bridgehead atoms. The van der Waals surface area contributed by atoms with Crippen LogP contribution < -0.4 is 0 Å². The summed E-state index contributed by atoms with van der Waals surface area (Å²) in [6, 6.07) is 10.5. The van der Waals surface area contributed by atoms with Crippen molar-refractivity contribution in [2.24, 2.45) is 5.92 Å². The van der Waals surface area contributed by atoms with Gasteiger partial charge in [-0.1, -0.05) is 44.2 Å². The molecule has 0 saturated carbocycles. The van der Waals surface area contributed by atoms with E-state index in [0.29, 0.717) is 5.92 Å². The van der Waals surface area contributed by atoms with Crippen molar-refractivity contribution in [1.82, 2.24) is 4.90 Å². The van der Waals surface area contributed by atoms with Gasteiger partial charge in [-0.25, -0.2) is 0 Å². The number of benzene rings is 1. The van der Waals surface area contributed by atoms with E-state index >= 15 is 0 Å². The second kappa shape index (κ2) is 4.56. The van der Waals surface area contributed by atoms with Gasteiger partial charge < -0.3 is 5.11 Å². The first-order chi connectivity index (χ1) is 7.64. The van der Waals surface area contributed by atoms with Crippen LogP contribution in [0.15, 0.2) is 30.3 Å². The van der Waals surface area contributed by atoms with E-state index < -0.39 is 5.60 Å². The highest BCUT2D eigenvalue weighted by atomic mass is 16.3. The van der Waals surface area contributed by atoms with Crippen molar-refractivity contribution in [3.05, 3.63) is 35.9 Å². The lowest BCUT2D eigenvalue weighted by Crippen LogP contribution is -2.36. The lowest BCUT2D eigenvalue weighted by Gasteiger charge is -2.25. The lowest BCUT2D eigenvalue weighted by molar-refractivity contribution is 0.0136. The summed E-state index contributed by atoms with van der Waals surface area (Å²) in [5.41, 5.74) is 0.851. The second-order valence-corrected chi connectivity index (χ2v) is 5.01. The second-order valence-electron chi connectivity index (χ2n) is 5.01. The van der Waals surface area contributed by atoms with Gasteiger partial charge in [-0.15, -0.1) is 0 Å². The summed E-state index contributed by atoms with van der Waals surface area (Å²) in [6.45, 7) is 6.98. The third-order valence-electron chi connectivity index (χ3n) is 3.81. The van der Waals surface area contributed by atoms with Crippen LogP contribution in [0.5, 0.6) is 0 Å². The van der Waals surface area contributed by atoms with E-state index in [4.69, 9.17) is 0 Å². The SMILES string of the molecule is CC[C@@]1(O)CN(Cc2ccccc2)C[C@H]1C. The highest BCUT2D eigenvalue weighted by molar-refractivity contribution is 5.15. The Balaban J connectivity index is 1.99. The molecule has 0 aliphatic carbocycles. The minimum Gasteiger partial charge on any atom is -0.388 e. The molecule has 0 unspecified atom stereocenters. The largest absolute Gasteiger partial charge is 0.388 e. The van der Waals surface area contributed by atoms with Crippen molar-refractivity contribution in [3.63, 3.8) is 0 Å². The number of rotatable bonds is 3. The van der Waals surface area contributed by atoms with Crippen molar-refractivity contribution in [2.75, 3.05) is 13.1 Å². The summed E-state index contributed by atoms with van der Waals surface area (Å²) in [7, 11) is 0. The zero-order chi connectivity index (χ0) is 11.6. The molecule has 1 aliphatic rings. The summed E-state index contributed by atoms with van der Waals surface area (Å²) in [6.07, 6.45) is 0.847. The molecule has 1 fully saturated rings. The normalized spacial score (nSPS) is 30.8. The highest BCUT2D eigenvalue weighted by Gasteiger charge is 2.40. The Morgan fingerprint density at radius 3 is 2.62 bits per heavy atom. The van der Waals surface area contributed by atoms with Crippen molar-refractivity contribution < 1.29 is 5.11 Å². The van der Waals surface area contributed by atoms with Crippen LogP contribution in [0.4, 0.5) is 0 Å². The van der Waals surface area contributed by atoms with E-state index in [-0.39, 0.29) is 0 Å². The van der Waals surface area contributed by atoms with Gasteiger partial charge in [-0.2, -0.15) is 0 Å². The molecule has 88 valence electrons. The van der Waals surface area contributed by atoms with Crippen LogP contribution in [0.2, 0.25) is 0 Å². The van der Waals surface area contributed by atoms with Crippen LogP contribution in [-0.2, 0) is 6.54 Å². The number of β-amino-alcohol motifs (C(OH)–C–C–N with tert-alkyl or cyclic N) is 1. The molecule has 2 rings (SSSR count).